The Kier molecular flexibility index (Phi) is 7.67. The Morgan fingerprint density at radius 1 is 1.08 bits per heavy atom. The Morgan fingerprint density at radius 2 is 1.87 bits per heavy atom. The van der Waals surface area contributed by atoms with Crippen LogP contribution in [0.3, 0.4) is 0 Å². The summed E-state index contributed by atoms with van der Waals surface area (Å²) in [5.41, 5.74) is 3.02. The summed E-state index contributed by atoms with van der Waals surface area (Å²) >= 11 is 7.35. The number of hydrogen-bond acceptors (Lipinski definition) is 7. The van der Waals surface area contributed by atoms with Gasteiger partial charge in [0.05, 0.1) is 36.1 Å². The molecular weight excluding hydrogens is 536 g/mol. The molecule has 5 rings (SSSR count). The van der Waals surface area contributed by atoms with E-state index in [0.29, 0.717) is 37.1 Å². The fourth-order valence-electron chi connectivity index (χ4n) is 4.51. The molecule has 0 amide bonds. The lowest BCUT2D eigenvalue weighted by Gasteiger charge is -2.24. The van der Waals surface area contributed by atoms with Gasteiger partial charge in [0, 0.05) is 10.6 Å². The van der Waals surface area contributed by atoms with E-state index in [1.807, 2.05) is 66.7 Å². The molecule has 4 aromatic rings. The first-order valence-electron chi connectivity index (χ1n) is 12.1. The van der Waals surface area contributed by atoms with Gasteiger partial charge in [-0.1, -0.05) is 65.4 Å². The molecule has 0 bridgehead atoms. The Labute approximate surface area is 233 Å². The summed E-state index contributed by atoms with van der Waals surface area (Å²) in [6, 6.07) is 21.6. The van der Waals surface area contributed by atoms with Crippen molar-refractivity contribution in [2.75, 3.05) is 14.2 Å². The SMILES string of the molecule is COC(=O)C1=C(C)N=c2sc(=Cc3ccc(OC)c(COc4cccc(Cl)c4)c3)c(=O)n2[C@H]1c1ccccc1. The second-order valence-electron chi connectivity index (χ2n) is 8.80. The molecule has 198 valence electrons. The number of nitrogens with zero attached hydrogens (tertiary/aromatic N) is 2. The van der Waals surface area contributed by atoms with Crippen molar-refractivity contribution in [3.63, 3.8) is 0 Å². The van der Waals surface area contributed by atoms with Crippen molar-refractivity contribution in [3.05, 3.63) is 125 Å². The highest BCUT2D eigenvalue weighted by molar-refractivity contribution is 7.07. The number of allylic oxidation sites excluding steroid dienone is 1. The van der Waals surface area contributed by atoms with E-state index in [1.54, 1.807) is 30.7 Å². The molecule has 0 N–H and O–H groups in total. The number of halogens is 1. The molecule has 0 saturated carbocycles. The maximum Gasteiger partial charge on any atom is 0.338 e. The molecule has 1 aliphatic rings. The van der Waals surface area contributed by atoms with Gasteiger partial charge < -0.3 is 14.2 Å². The fourth-order valence-corrected chi connectivity index (χ4v) is 5.74. The van der Waals surface area contributed by atoms with E-state index in [-0.39, 0.29) is 12.2 Å². The molecule has 0 saturated heterocycles. The van der Waals surface area contributed by atoms with Gasteiger partial charge in [0.2, 0.25) is 0 Å². The van der Waals surface area contributed by atoms with Crippen molar-refractivity contribution >= 4 is 35.0 Å². The first-order chi connectivity index (χ1) is 18.9. The third kappa shape index (κ3) is 5.39. The van der Waals surface area contributed by atoms with Crippen molar-refractivity contribution in [2.45, 2.75) is 19.6 Å². The summed E-state index contributed by atoms with van der Waals surface area (Å²) in [4.78, 5) is 31.6. The van der Waals surface area contributed by atoms with Crippen molar-refractivity contribution in [2.24, 2.45) is 4.99 Å². The van der Waals surface area contributed by atoms with Crippen LogP contribution in [0, 0.1) is 0 Å². The van der Waals surface area contributed by atoms with Crippen LogP contribution in [0.4, 0.5) is 0 Å². The number of carbonyl (C=O) groups excluding carboxylic acids is 1. The van der Waals surface area contributed by atoms with Gasteiger partial charge in [0.25, 0.3) is 5.56 Å². The normalized spacial score (nSPS) is 15.0. The van der Waals surface area contributed by atoms with Gasteiger partial charge >= 0.3 is 5.97 Å². The molecule has 9 heteroatoms. The monoisotopic (exact) mass is 560 g/mol. The maximum atomic E-state index is 13.8. The molecule has 3 aromatic carbocycles. The summed E-state index contributed by atoms with van der Waals surface area (Å²) in [5.74, 6) is 0.790. The van der Waals surface area contributed by atoms with Gasteiger partial charge in [0.15, 0.2) is 4.80 Å². The number of hydrogen-bond donors (Lipinski definition) is 0. The van der Waals surface area contributed by atoms with E-state index in [2.05, 4.69) is 4.99 Å². The van der Waals surface area contributed by atoms with Crippen LogP contribution in [-0.4, -0.2) is 24.8 Å². The number of rotatable bonds is 7. The summed E-state index contributed by atoms with van der Waals surface area (Å²) in [6.07, 6.45) is 1.81. The van der Waals surface area contributed by atoms with Crippen LogP contribution >= 0.6 is 22.9 Å². The molecule has 39 heavy (non-hydrogen) atoms. The van der Waals surface area contributed by atoms with Gasteiger partial charge in [-0.2, -0.15) is 0 Å². The van der Waals surface area contributed by atoms with E-state index in [0.717, 1.165) is 16.7 Å². The topological polar surface area (TPSA) is 79.1 Å². The Bertz CT molecular complexity index is 1760. The minimum Gasteiger partial charge on any atom is -0.496 e. The average molecular weight is 561 g/mol. The quantitative estimate of drug-likeness (QED) is 0.307. The molecule has 7 nitrogen and oxygen atoms in total. The third-order valence-electron chi connectivity index (χ3n) is 6.33. The summed E-state index contributed by atoms with van der Waals surface area (Å²) in [7, 11) is 2.92. The lowest BCUT2D eigenvalue weighted by molar-refractivity contribution is -0.136. The Morgan fingerprint density at radius 3 is 2.59 bits per heavy atom. The number of methoxy groups -OCH3 is 2. The van der Waals surface area contributed by atoms with Crippen LogP contribution in [0.15, 0.2) is 93.9 Å². The van der Waals surface area contributed by atoms with Crippen LogP contribution < -0.4 is 24.4 Å². The van der Waals surface area contributed by atoms with E-state index >= 15 is 0 Å². The summed E-state index contributed by atoms with van der Waals surface area (Å²) < 4.78 is 18.6. The predicted octanol–water partition coefficient (Wildman–Crippen LogP) is 4.65. The van der Waals surface area contributed by atoms with Gasteiger partial charge in [-0.15, -0.1) is 0 Å². The maximum absolute atomic E-state index is 13.8. The van der Waals surface area contributed by atoms with Crippen LogP contribution in [0.2, 0.25) is 5.02 Å². The van der Waals surface area contributed by atoms with E-state index in [1.165, 1.54) is 18.4 Å². The number of fused-ring (bicyclic) bond motifs is 1. The Balaban J connectivity index is 1.57. The standard InChI is InChI=1S/C30H25ClN2O5S/c1-18-26(29(35)37-3)27(20-8-5-4-6-9-20)33-28(34)25(39-30(33)32-18)15-19-12-13-24(36-2)21(14-19)17-38-23-11-7-10-22(31)16-23/h4-16,27H,17H2,1-3H3/t27-/m0/s1. The first-order valence-corrected chi connectivity index (χ1v) is 13.3. The third-order valence-corrected chi connectivity index (χ3v) is 7.55. The summed E-state index contributed by atoms with van der Waals surface area (Å²) in [5, 5.41) is 0.586. The molecule has 2 heterocycles. The lowest BCUT2D eigenvalue weighted by Crippen LogP contribution is -2.39. The lowest BCUT2D eigenvalue weighted by atomic mass is 9.96. The average Bonchev–Trinajstić information content (AvgIpc) is 3.25. The highest BCUT2D eigenvalue weighted by Crippen LogP contribution is 2.30. The van der Waals surface area contributed by atoms with E-state index in [9.17, 15) is 9.59 Å². The number of benzene rings is 3. The van der Waals surface area contributed by atoms with E-state index in [4.69, 9.17) is 25.8 Å². The molecule has 0 fully saturated rings. The molecule has 1 aliphatic heterocycles. The molecule has 1 atom stereocenters. The highest BCUT2D eigenvalue weighted by atomic mass is 35.5. The van der Waals surface area contributed by atoms with Gasteiger partial charge in [-0.05, 0) is 54.5 Å². The van der Waals surface area contributed by atoms with Gasteiger partial charge in [0.1, 0.15) is 18.1 Å². The number of aromatic nitrogens is 1. The second-order valence-corrected chi connectivity index (χ2v) is 10.2. The molecule has 0 aliphatic carbocycles. The fraction of sp³-hybridized carbons (Fsp3) is 0.167. The zero-order valence-corrected chi connectivity index (χ0v) is 23.1. The van der Waals surface area contributed by atoms with Crippen molar-refractivity contribution in [1.29, 1.82) is 0 Å². The second kappa shape index (κ2) is 11.3. The molecule has 0 unspecified atom stereocenters. The smallest absolute Gasteiger partial charge is 0.338 e. The van der Waals surface area contributed by atoms with Crippen LogP contribution in [-0.2, 0) is 16.1 Å². The Hall–Kier alpha value is -4.14. The minimum atomic E-state index is -0.644. The zero-order chi connectivity index (χ0) is 27.5. The highest BCUT2D eigenvalue weighted by Gasteiger charge is 2.32. The van der Waals surface area contributed by atoms with Crippen LogP contribution in [0.5, 0.6) is 11.5 Å². The minimum absolute atomic E-state index is 0.242. The predicted molar refractivity (Wildman–Crippen MR) is 151 cm³/mol. The largest absolute Gasteiger partial charge is 0.496 e. The zero-order valence-electron chi connectivity index (χ0n) is 21.5. The number of esters is 1. The number of ether oxygens (including phenoxy) is 3. The summed E-state index contributed by atoms with van der Waals surface area (Å²) in [6.45, 7) is 2.01. The molecule has 0 radical (unpaired) electrons. The van der Waals surface area contributed by atoms with Crippen molar-refractivity contribution in [3.8, 4) is 11.5 Å². The molecule has 0 spiro atoms. The van der Waals surface area contributed by atoms with E-state index < -0.39 is 12.0 Å². The number of carbonyl (C=O) groups is 1. The first kappa shape index (κ1) is 26.5. The van der Waals surface area contributed by atoms with Gasteiger partial charge in [-0.3, -0.25) is 9.36 Å². The van der Waals surface area contributed by atoms with Gasteiger partial charge in [-0.25, -0.2) is 9.79 Å². The molecular formula is C30H25ClN2O5S. The number of thiazole rings is 1. The van der Waals surface area contributed by atoms with Crippen LogP contribution in [0.25, 0.3) is 6.08 Å². The molecule has 1 aromatic heterocycles. The van der Waals surface area contributed by atoms with Crippen molar-refractivity contribution < 1.29 is 19.0 Å². The van der Waals surface area contributed by atoms with Crippen molar-refractivity contribution in [1.82, 2.24) is 4.57 Å². The van der Waals surface area contributed by atoms with Crippen LogP contribution in [0.1, 0.15) is 29.7 Å².